The first kappa shape index (κ1) is 14.8. The molecular weight excluding hydrogens is 278 g/mol. The van der Waals surface area contributed by atoms with Crippen LogP contribution in [0.3, 0.4) is 0 Å². The minimum absolute atomic E-state index is 0.0193. The van der Waals surface area contributed by atoms with Gasteiger partial charge in [0.2, 0.25) is 0 Å². The van der Waals surface area contributed by atoms with Crippen molar-refractivity contribution in [3.05, 3.63) is 47.8 Å². The number of aryl methyl sites for hydroxylation is 1. The van der Waals surface area contributed by atoms with E-state index in [9.17, 15) is 9.90 Å². The zero-order chi connectivity index (χ0) is 15.7. The van der Waals surface area contributed by atoms with Gasteiger partial charge in [0.15, 0.2) is 0 Å². The molecule has 5 nitrogen and oxygen atoms in total. The SMILES string of the molecule is Cc1cnn(-c2ccc(C(=O)N3CCC(C)C(O)C3)cc2)c1. The number of aliphatic hydroxyl groups excluding tert-OH is 1. The van der Waals surface area contributed by atoms with Crippen molar-refractivity contribution in [3.8, 4) is 5.69 Å². The van der Waals surface area contributed by atoms with Gasteiger partial charge in [-0.1, -0.05) is 6.92 Å². The van der Waals surface area contributed by atoms with Crippen LogP contribution in [0.1, 0.15) is 29.3 Å². The highest BCUT2D eigenvalue weighted by molar-refractivity contribution is 5.94. The second kappa shape index (κ2) is 5.93. The molecule has 1 aromatic carbocycles. The van der Waals surface area contributed by atoms with Crippen LogP contribution in [-0.4, -0.2) is 44.9 Å². The largest absolute Gasteiger partial charge is 0.391 e. The van der Waals surface area contributed by atoms with Crippen LogP contribution in [0.5, 0.6) is 0 Å². The second-order valence-corrected chi connectivity index (χ2v) is 6.09. The second-order valence-electron chi connectivity index (χ2n) is 6.09. The van der Waals surface area contributed by atoms with Crippen LogP contribution in [0.4, 0.5) is 0 Å². The van der Waals surface area contributed by atoms with E-state index in [1.165, 1.54) is 0 Å². The van der Waals surface area contributed by atoms with Gasteiger partial charge >= 0.3 is 0 Å². The average molecular weight is 299 g/mol. The summed E-state index contributed by atoms with van der Waals surface area (Å²) in [6, 6.07) is 7.42. The summed E-state index contributed by atoms with van der Waals surface area (Å²) in [5.41, 5.74) is 2.67. The fraction of sp³-hybridized carbons (Fsp3) is 0.412. The molecule has 3 rings (SSSR count). The van der Waals surface area contributed by atoms with Crippen LogP contribution in [0.2, 0.25) is 0 Å². The molecule has 1 N–H and O–H groups in total. The van der Waals surface area contributed by atoms with E-state index >= 15 is 0 Å². The van der Waals surface area contributed by atoms with Crippen molar-refractivity contribution in [2.75, 3.05) is 13.1 Å². The molecule has 5 heteroatoms. The molecule has 2 heterocycles. The number of rotatable bonds is 2. The third-order valence-corrected chi connectivity index (χ3v) is 4.30. The van der Waals surface area contributed by atoms with E-state index in [1.54, 1.807) is 15.8 Å². The number of carbonyl (C=O) groups excluding carboxylic acids is 1. The summed E-state index contributed by atoms with van der Waals surface area (Å²) in [5, 5.41) is 14.2. The molecule has 2 atom stereocenters. The van der Waals surface area contributed by atoms with Gasteiger partial charge in [-0.05, 0) is 49.1 Å². The van der Waals surface area contributed by atoms with Crippen LogP contribution in [0.15, 0.2) is 36.7 Å². The molecule has 1 aliphatic rings. The van der Waals surface area contributed by atoms with Gasteiger partial charge in [0.05, 0.1) is 18.0 Å². The van der Waals surface area contributed by atoms with E-state index in [2.05, 4.69) is 5.10 Å². The topological polar surface area (TPSA) is 58.4 Å². The van der Waals surface area contributed by atoms with E-state index in [0.717, 1.165) is 17.7 Å². The lowest BCUT2D eigenvalue weighted by atomic mass is 9.95. The Morgan fingerprint density at radius 1 is 1.32 bits per heavy atom. The number of aromatic nitrogens is 2. The normalized spacial score (nSPS) is 21.9. The summed E-state index contributed by atoms with van der Waals surface area (Å²) >= 11 is 0. The van der Waals surface area contributed by atoms with Crippen LogP contribution in [-0.2, 0) is 0 Å². The number of β-amino-alcohol motifs (C(OH)–C–C–N with tert-alkyl or cyclic N) is 1. The molecular formula is C17H21N3O2. The number of nitrogens with zero attached hydrogens (tertiary/aromatic N) is 3. The first-order valence-corrected chi connectivity index (χ1v) is 7.63. The van der Waals surface area contributed by atoms with Crippen LogP contribution in [0.25, 0.3) is 5.69 Å². The highest BCUT2D eigenvalue weighted by Crippen LogP contribution is 2.19. The number of hydrogen-bond acceptors (Lipinski definition) is 3. The molecule has 0 saturated carbocycles. The highest BCUT2D eigenvalue weighted by atomic mass is 16.3. The van der Waals surface area contributed by atoms with Crippen molar-refractivity contribution >= 4 is 5.91 Å². The summed E-state index contributed by atoms with van der Waals surface area (Å²) in [5.74, 6) is 0.239. The predicted octanol–water partition coefficient (Wildman–Crippen LogP) is 2.02. The lowest BCUT2D eigenvalue weighted by Gasteiger charge is -2.34. The zero-order valence-electron chi connectivity index (χ0n) is 12.9. The van der Waals surface area contributed by atoms with Gasteiger partial charge in [0.25, 0.3) is 5.91 Å². The Kier molecular flexibility index (Phi) is 3.98. The molecule has 1 amide bonds. The van der Waals surface area contributed by atoms with Gasteiger partial charge in [-0.2, -0.15) is 5.10 Å². The van der Waals surface area contributed by atoms with Gasteiger partial charge in [-0.15, -0.1) is 0 Å². The molecule has 116 valence electrons. The lowest BCUT2D eigenvalue weighted by Crippen LogP contribution is -2.45. The Balaban J connectivity index is 1.74. The molecule has 0 bridgehead atoms. The third kappa shape index (κ3) is 2.90. The fourth-order valence-corrected chi connectivity index (χ4v) is 2.73. The van der Waals surface area contributed by atoms with Gasteiger partial charge in [-0.3, -0.25) is 4.79 Å². The van der Waals surface area contributed by atoms with Gasteiger partial charge in [0, 0.05) is 24.8 Å². The number of piperidine rings is 1. The maximum Gasteiger partial charge on any atom is 0.253 e. The fourth-order valence-electron chi connectivity index (χ4n) is 2.73. The minimum atomic E-state index is -0.427. The van der Waals surface area contributed by atoms with Crippen molar-refractivity contribution in [1.29, 1.82) is 0 Å². The van der Waals surface area contributed by atoms with Crippen LogP contribution in [0, 0.1) is 12.8 Å². The average Bonchev–Trinajstić information content (AvgIpc) is 2.96. The Labute approximate surface area is 130 Å². The van der Waals surface area contributed by atoms with Crippen molar-refractivity contribution in [1.82, 2.24) is 14.7 Å². The lowest BCUT2D eigenvalue weighted by molar-refractivity contribution is 0.0248. The Hall–Kier alpha value is -2.14. The van der Waals surface area contributed by atoms with Crippen molar-refractivity contribution < 1.29 is 9.90 Å². The molecule has 1 fully saturated rings. The predicted molar refractivity (Wildman–Crippen MR) is 84.0 cm³/mol. The van der Waals surface area contributed by atoms with E-state index < -0.39 is 6.10 Å². The van der Waals surface area contributed by atoms with E-state index in [-0.39, 0.29) is 11.8 Å². The number of benzene rings is 1. The molecule has 1 aromatic heterocycles. The summed E-state index contributed by atoms with van der Waals surface area (Å²) in [4.78, 5) is 14.2. The Bertz CT molecular complexity index is 663. The number of aliphatic hydroxyl groups is 1. The maximum absolute atomic E-state index is 12.5. The molecule has 2 unspecified atom stereocenters. The van der Waals surface area contributed by atoms with Crippen LogP contribution >= 0.6 is 0 Å². The smallest absolute Gasteiger partial charge is 0.253 e. The minimum Gasteiger partial charge on any atom is -0.391 e. The molecule has 22 heavy (non-hydrogen) atoms. The third-order valence-electron chi connectivity index (χ3n) is 4.30. The number of carbonyl (C=O) groups is 1. The van der Waals surface area contributed by atoms with Crippen molar-refractivity contribution in [2.24, 2.45) is 5.92 Å². The summed E-state index contributed by atoms with van der Waals surface area (Å²) in [6.45, 7) is 5.13. The molecule has 1 saturated heterocycles. The molecule has 0 radical (unpaired) electrons. The summed E-state index contributed by atoms with van der Waals surface area (Å²) in [6.07, 6.45) is 4.16. The Morgan fingerprint density at radius 2 is 2.05 bits per heavy atom. The highest BCUT2D eigenvalue weighted by Gasteiger charge is 2.27. The number of likely N-dealkylation sites (tertiary alicyclic amines) is 1. The molecule has 1 aliphatic heterocycles. The number of amides is 1. The summed E-state index contributed by atoms with van der Waals surface area (Å²) in [7, 11) is 0. The van der Waals surface area contributed by atoms with Crippen molar-refractivity contribution in [2.45, 2.75) is 26.4 Å². The monoisotopic (exact) mass is 299 g/mol. The van der Waals surface area contributed by atoms with E-state index in [0.29, 0.717) is 18.7 Å². The maximum atomic E-state index is 12.5. The summed E-state index contributed by atoms with van der Waals surface area (Å²) < 4.78 is 1.79. The van der Waals surface area contributed by atoms with Crippen molar-refractivity contribution in [3.63, 3.8) is 0 Å². The van der Waals surface area contributed by atoms with E-state index in [4.69, 9.17) is 0 Å². The first-order valence-electron chi connectivity index (χ1n) is 7.63. The van der Waals surface area contributed by atoms with Gasteiger partial charge in [-0.25, -0.2) is 4.68 Å². The van der Waals surface area contributed by atoms with Crippen LogP contribution < -0.4 is 0 Å². The standard InChI is InChI=1S/C17H21N3O2/c1-12-9-18-20(10-12)15-5-3-14(4-6-15)17(22)19-8-7-13(2)16(21)11-19/h3-6,9-10,13,16,21H,7-8,11H2,1-2H3. The molecule has 0 aliphatic carbocycles. The molecule has 0 spiro atoms. The van der Waals surface area contributed by atoms with E-state index in [1.807, 2.05) is 44.3 Å². The number of hydrogen-bond donors (Lipinski definition) is 1. The first-order chi connectivity index (χ1) is 10.5. The zero-order valence-corrected chi connectivity index (χ0v) is 12.9. The van der Waals surface area contributed by atoms with Gasteiger partial charge in [0.1, 0.15) is 0 Å². The Morgan fingerprint density at radius 3 is 2.64 bits per heavy atom. The molecule has 2 aromatic rings. The quantitative estimate of drug-likeness (QED) is 0.923. The van der Waals surface area contributed by atoms with Gasteiger partial charge < -0.3 is 10.0 Å².